The van der Waals surface area contributed by atoms with Crippen LogP contribution in [0.15, 0.2) is 51.6 Å². The fourth-order valence-electron chi connectivity index (χ4n) is 1.43. The van der Waals surface area contributed by atoms with E-state index in [1.165, 1.54) is 38.0 Å². The molecule has 0 amide bonds. The third-order valence-electron chi connectivity index (χ3n) is 2.50. The summed E-state index contributed by atoms with van der Waals surface area (Å²) in [4.78, 5) is 9.05. The number of nitrogens with two attached hydrogens (primary N) is 1. The van der Waals surface area contributed by atoms with Gasteiger partial charge in [0.25, 0.3) is 0 Å². The first kappa shape index (κ1) is 14.8. The number of nitrogens with zero attached hydrogens (tertiary/aromatic N) is 3. The van der Waals surface area contributed by atoms with Gasteiger partial charge in [0.1, 0.15) is 0 Å². The predicted molar refractivity (Wildman–Crippen MR) is 77.9 cm³/mol. The molecule has 20 heavy (non-hydrogen) atoms. The molecule has 0 fully saturated rings. The third kappa shape index (κ3) is 3.09. The maximum atomic E-state index is 12.0. The number of hydrogen-bond donors (Lipinski definition) is 1. The number of rotatable bonds is 4. The Kier molecular flexibility index (Phi) is 4.26. The summed E-state index contributed by atoms with van der Waals surface area (Å²) in [5.41, 5.74) is 6.29. The number of aromatic nitrogens is 2. The fraction of sp³-hybridized carbons (Fsp3) is 0.167. The molecular formula is C12H14N4O2S2. The van der Waals surface area contributed by atoms with Crippen LogP contribution in [0.5, 0.6) is 0 Å². The van der Waals surface area contributed by atoms with Gasteiger partial charge in [0.05, 0.1) is 4.90 Å². The van der Waals surface area contributed by atoms with Crippen molar-refractivity contribution >= 4 is 27.5 Å². The molecule has 2 aromatic rings. The zero-order chi connectivity index (χ0) is 14.8. The molecular weight excluding hydrogens is 296 g/mol. The second-order valence-electron chi connectivity index (χ2n) is 4.12. The third-order valence-corrected chi connectivity index (χ3v) is 5.30. The van der Waals surface area contributed by atoms with Gasteiger partial charge in [-0.2, -0.15) is 0 Å². The number of anilines is 1. The molecule has 0 spiro atoms. The minimum absolute atomic E-state index is 0.165. The maximum absolute atomic E-state index is 12.0. The molecule has 1 aromatic carbocycles. The Morgan fingerprint density at radius 1 is 1.20 bits per heavy atom. The molecule has 1 aromatic heterocycles. The van der Waals surface area contributed by atoms with Crippen LogP contribution in [0.1, 0.15) is 0 Å². The number of hydrogen-bond acceptors (Lipinski definition) is 6. The molecule has 0 saturated carbocycles. The summed E-state index contributed by atoms with van der Waals surface area (Å²) in [5.74, 6) is 0. The van der Waals surface area contributed by atoms with Crippen LogP contribution in [0, 0.1) is 0 Å². The molecule has 0 radical (unpaired) electrons. The van der Waals surface area contributed by atoms with E-state index < -0.39 is 10.0 Å². The van der Waals surface area contributed by atoms with Crippen LogP contribution >= 0.6 is 11.8 Å². The molecule has 0 aliphatic carbocycles. The minimum Gasteiger partial charge on any atom is -0.398 e. The number of sulfonamides is 1. The van der Waals surface area contributed by atoms with E-state index in [0.717, 1.165) is 4.31 Å². The first-order chi connectivity index (χ1) is 9.41. The topological polar surface area (TPSA) is 89.2 Å². The second kappa shape index (κ2) is 5.78. The first-order valence-electron chi connectivity index (χ1n) is 5.68. The van der Waals surface area contributed by atoms with E-state index in [9.17, 15) is 8.42 Å². The van der Waals surface area contributed by atoms with Crippen LogP contribution in [0.25, 0.3) is 0 Å². The molecule has 6 nitrogen and oxygen atoms in total. The Balaban J connectivity index is 2.32. The van der Waals surface area contributed by atoms with E-state index in [0.29, 0.717) is 15.7 Å². The first-order valence-corrected chi connectivity index (χ1v) is 7.94. The van der Waals surface area contributed by atoms with E-state index in [1.54, 1.807) is 24.5 Å². The summed E-state index contributed by atoms with van der Waals surface area (Å²) < 4.78 is 25.1. The molecule has 0 unspecified atom stereocenters. The summed E-state index contributed by atoms with van der Waals surface area (Å²) in [6, 6.07) is 6.35. The lowest BCUT2D eigenvalue weighted by molar-refractivity contribution is 0.520. The normalized spacial score (nSPS) is 11.8. The van der Waals surface area contributed by atoms with Gasteiger partial charge in [0.2, 0.25) is 10.0 Å². The van der Waals surface area contributed by atoms with Gasteiger partial charge >= 0.3 is 0 Å². The fourth-order valence-corrected chi connectivity index (χ4v) is 3.10. The lowest BCUT2D eigenvalue weighted by Crippen LogP contribution is -2.22. The summed E-state index contributed by atoms with van der Waals surface area (Å²) in [7, 11) is -0.520. The Labute approximate surface area is 122 Å². The smallest absolute Gasteiger partial charge is 0.242 e. The van der Waals surface area contributed by atoms with E-state index in [2.05, 4.69) is 9.97 Å². The molecule has 0 atom stereocenters. The largest absolute Gasteiger partial charge is 0.398 e. The van der Waals surface area contributed by atoms with Gasteiger partial charge in [-0.15, -0.1) is 0 Å². The summed E-state index contributed by atoms with van der Waals surface area (Å²) in [5, 5.41) is 0.558. The minimum atomic E-state index is -3.48. The van der Waals surface area contributed by atoms with E-state index in [4.69, 9.17) is 5.73 Å². The van der Waals surface area contributed by atoms with E-state index >= 15 is 0 Å². The van der Waals surface area contributed by atoms with Crippen LogP contribution in [-0.2, 0) is 10.0 Å². The van der Waals surface area contributed by atoms with Gasteiger partial charge in [-0.05, 0) is 36.0 Å². The monoisotopic (exact) mass is 310 g/mol. The summed E-state index contributed by atoms with van der Waals surface area (Å²) >= 11 is 1.29. The van der Waals surface area contributed by atoms with Crippen LogP contribution in [0.2, 0.25) is 0 Å². The average molecular weight is 310 g/mol. The average Bonchev–Trinajstić information content (AvgIpc) is 2.42. The van der Waals surface area contributed by atoms with Crippen LogP contribution in [0.3, 0.4) is 0 Å². The van der Waals surface area contributed by atoms with Crippen molar-refractivity contribution in [3.05, 3.63) is 36.7 Å². The molecule has 2 N–H and O–H groups in total. The van der Waals surface area contributed by atoms with Crippen molar-refractivity contribution < 1.29 is 8.42 Å². The second-order valence-corrected chi connectivity index (χ2v) is 7.28. The van der Waals surface area contributed by atoms with E-state index in [1.807, 2.05) is 0 Å². The molecule has 0 saturated heterocycles. The lowest BCUT2D eigenvalue weighted by atomic mass is 10.3. The lowest BCUT2D eigenvalue weighted by Gasteiger charge is -2.12. The van der Waals surface area contributed by atoms with Crippen LogP contribution in [0.4, 0.5) is 5.69 Å². The van der Waals surface area contributed by atoms with Gasteiger partial charge in [-0.25, -0.2) is 22.7 Å². The highest BCUT2D eigenvalue weighted by Crippen LogP contribution is 2.31. The van der Waals surface area contributed by atoms with Gasteiger partial charge in [0, 0.05) is 37.1 Å². The van der Waals surface area contributed by atoms with Gasteiger partial charge < -0.3 is 5.73 Å². The Morgan fingerprint density at radius 3 is 2.40 bits per heavy atom. The Morgan fingerprint density at radius 2 is 1.85 bits per heavy atom. The zero-order valence-electron chi connectivity index (χ0n) is 11.0. The molecule has 0 bridgehead atoms. The van der Waals surface area contributed by atoms with Crippen LogP contribution in [-0.4, -0.2) is 36.8 Å². The van der Waals surface area contributed by atoms with Crippen LogP contribution < -0.4 is 5.73 Å². The van der Waals surface area contributed by atoms with Crippen molar-refractivity contribution in [3.63, 3.8) is 0 Å². The Bertz CT molecular complexity index is 703. The molecule has 1 heterocycles. The highest BCUT2D eigenvalue weighted by molar-refractivity contribution is 7.99. The van der Waals surface area contributed by atoms with E-state index in [-0.39, 0.29) is 4.90 Å². The molecule has 8 heteroatoms. The standard InChI is InChI=1S/C12H14N4O2S2/c1-16(2)20(17,18)9-4-5-11(10(13)8-9)19-12-14-6-3-7-15-12/h3-8H,13H2,1-2H3. The SMILES string of the molecule is CN(C)S(=O)(=O)c1ccc(Sc2ncccn2)c(N)c1. The highest BCUT2D eigenvalue weighted by Gasteiger charge is 2.18. The zero-order valence-corrected chi connectivity index (χ0v) is 12.6. The van der Waals surface area contributed by atoms with Crippen molar-refractivity contribution in [3.8, 4) is 0 Å². The van der Waals surface area contributed by atoms with Crippen molar-refractivity contribution in [2.45, 2.75) is 14.9 Å². The molecule has 0 aliphatic heterocycles. The highest BCUT2D eigenvalue weighted by atomic mass is 32.2. The molecule has 2 rings (SSSR count). The van der Waals surface area contributed by atoms with Crippen molar-refractivity contribution in [2.24, 2.45) is 0 Å². The maximum Gasteiger partial charge on any atom is 0.242 e. The summed E-state index contributed by atoms with van der Waals surface area (Å²) in [6.45, 7) is 0. The quantitative estimate of drug-likeness (QED) is 0.679. The van der Waals surface area contributed by atoms with Crippen molar-refractivity contribution in [1.82, 2.24) is 14.3 Å². The van der Waals surface area contributed by atoms with Crippen molar-refractivity contribution in [1.29, 1.82) is 0 Å². The predicted octanol–water partition coefficient (Wildman–Crippen LogP) is 1.46. The number of nitrogen functional groups attached to an aromatic ring is 1. The molecule has 106 valence electrons. The Hall–Kier alpha value is -1.64. The van der Waals surface area contributed by atoms with Gasteiger partial charge in [0.15, 0.2) is 5.16 Å². The molecule has 0 aliphatic rings. The number of benzene rings is 1. The summed E-state index contributed by atoms with van der Waals surface area (Å²) in [6.07, 6.45) is 3.27. The van der Waals surface area contributed by atoms with Gasteiger partial charge in [-0.3, -0.25) is 0 Å². The van der Waals surface area contributed by atoms with Crippen molar-refractivity contribution in [2.75, 3.05) is 19.8 Å². The van der Waals surface area contributed by atoms with Gasteiger partial charge in [-0.1, -0.05) is 0 Å².